The van der Waals surface area contributed by atoms with Gasteiger partial charge >= 0.3 is 0 Å². The highest BCUT2D eigenvalue weighted by Crippen LogP contribution is 2.22. The molecule has 2 heterocycles. The second-order valence-corrected chi connectivity index (χ2v) is 5.17. The summed E-state index contributed by atoms with van der Waals surface area (Å²) in [5.74, 6) is 1.61. The lowest BCUT2D eigenvalue weighted by Crippen LogP contribution is -2.24. The number of benzene rings is 1. The molecule has 3 rings (SSSR count). The molecule has 6 heteroatoms. The van der Waals surface area contributed by atoms with Crippen molar-refractivity contribution < 1.29 is 0 Å². The molecule has 0 atom stereocenters. The third-order valence-electron chi connectivity index (χ3n) is 3.69. The second-order valence-electron chi connectivity index (χ2n) is 5.17. The van der Waals surface area contributed by atoms with Crippen LogP contribution in [0.15, 0.2) is 30.3 Å². The first-order valence-electron chi connectivity index (χ1n) is 7.59. The third kappa shape index (κ3) is 2.64. The summed E-state index contributed by atoms with van der Waals surface area (Å²) >= 11 is 0. The molecule has 6 nitrogen and oxygen atoms in total. The standard InChI is InChI=1S/C16H20N6/c1-4-21(5-2)15-14-16(18-12(3)17-15)22(20-19-14)11-13-9-7-6-8-10-13/h6-10H,4-5,11H2,1-3H3. The van der Waals surface area contributed by atoms with Crippen LogP contribution >= 0.6 is 0 Å². The van der Waals surface area contributed by atoms with Crippen LogP contribution in [0.3, 0.4) is 0 Å². The molecule has 0 radical (unpaired) electrons. The summed E-state index contributed by atoms with van der Waals surface area (Å²) in [7, 11) is 0. The first kappa shape index (κ1) is 14.4. The van der Waals surface area contributed by atoms with E-state index in [1.54, 1.807) is 0 Å². The Morgan fingerprint density at radius 2 is 1.77 bits per heavy atom. The lowest BCUT2D eigenvalue weighted by molar-refractivity contribution is 0.663. The van der Waals surface area contributed by atoms with E-state index in [9.17, 15) is 0 Å². The van der Waals surface area contributed by atoms with Crippen molar-refractivity contribution >= 4 is 17.0 Å². The maximum Gasteiger partial charge on any atom is 0.184 e. The number of nitrogens with zero attached hydrogens (tertiary/aromatic N) is 6. The summed E-state index contributed by atoms with van der Waals surface area (Å²) in [5, 5.41) is 8.60. The lowest BCUT2D eigenvalue weighted by Gasteiger charge is -2.19. The molecular weight excluding hydrogens is 276 g/mol. The van der Waals surface area contributed by atoms with Gasteiger partial charge in [0.25, 0.3) is 0 Å². The highest BCUT2D eigenvalue weighted by atomic mass is 15.4. The van der Waals surface area contributed by atoms with Gasteiger partial charge in [-0.2, -0.15) is 0 Å². The van der Waals surface area contributed by atoms with E-state index in [4.69, 9.17) is 0 Å². The Morgan fingerprint density at radius 3 is 2.45 bits per heavy atom. The van der Waals surface area contributed by atoms with Gasteiger partial charge in [-0.1, -0.05) is 35.5 Å². The van der Waals surface area contributed by atoms with Gasteiger partial charge in [-0.25, -0.2) is 14.6 Å². The van der Waals surface area contributed by atoms with Gasteiger partial charge in [0.2, 0.25) is 0 Å². The Bertz CT molecular complexity index is 761. The molecule has 0 aliphatic carbocycles. The maximum atomic E-state index is 4.56. The summed E-state index contributed by atoms with van der Waals surface area (Å²) < 4.78 is 1.84. The largest absolute Gasteiger partial charge is 0.355 e. The van der Waals surface area contributed by atoms with Crippen molar-refractivity contribution in [2.75, 3.05) is 18.0 Å². The molecule has 0 unspecified atom stereocenters. The molecule has 2 aromatic heterocycles. The smallest absolute Gasteiger partial charge is 0.184 e. The van der Waals surface area contributed by atoms with Gasteiger partial charge in [0.05, 0.1) is 6.54 Å². The van der Waals surface area contributed by atoms with E-state index in [1.165, 1.54) is 5.56 Å². The molecule has 22 heavy (non-hydrogen) atoms. The SMILES string of the molecule is CCN(CC)c1nc(C)nc2c1nnn2Cc1ccccc1. The Hall–Kier alpha value is -2.50. The van der Waals surface area contributed by atoms with Crippen LogP contribution in [0.2, 0.25) is 0 Å². The zero-order valence-electron chi connectivity index (χ0n) is 13.2. The summed E-state index contributed by atoms with van der Waals surface area (Å²) in [6.07, 6.45) is 0. The maximum absolute atomic E-state index is 4.56. The molecule has 114 valence electrons. The highest BCUT2D eigenvalue weighted by Gasteiger charge is 2.16. The Morgan fingerprint density at radius 1 is 1.05 bits per heavy atom. The van der Waals surface area contributed by atoms with E-state index < -0.39 is 0 Å². The van der Waals surface area contributed by atoms with E-state index in [0.29, 0.717) is 6.54 Å². The zero-order chi connectivity index (χ0) is 15.5. The molecule has 0 bridgehead atoms. The summed E-state index contributed by atoms with van der Waals surface area (Å²) in [4.78, 5) is 11.3. The van der Waals surface area contributed by atoms with Gasteiger partial charge in [0, 0.05) is 13.1 Å². The van der Waals surface area contributed by atoms with Crippen molar-refractivity contribution in [1.29, 1.82) is 0 Å². The van der Waals surface area contributed by atoms with Gasteiger partial charge < -0.3 is 4.90 Å². The number of fused-ring (bicyclic) bond motifs is 1. The van der Waals surface area contributed by atoms with Crippen LogP contribution in [0, 0.1) is 6.92 Å². The van der Waals surface area contributed by atoms with Gasteiger partial charge in [0.15, 0.2) is 17.0 Å². The highest BCUT2D eigenvalue weighted by molar-refractivity contribution is 5.82. The summed E-state index contributed by atoms with van der Waals surface area (Å²) in [6, 6.07) is 10.2. The topological polar surface area (TPSA) is 59.7 Å². The first-order chi connectivity index (χ1) is 10.7. The van der Waals surface area contributed by atoms with Crippen LogP contribution in [-0.2, 0) is 6.54 Å². The van der Waals surface area contributed by atoms with Crippen molar-refractivity contribution in [2.24, 2.45) is 0 Å². The molecule has 0 spiro atoms. The second kappa shape index (κ2) is 6.09. The number of aryl methyl sites for hydroxylation is 1. The van der Waals surface area contributed by atoms with E-state index in [1.807, 2.05) is 29.8 Å². The fourth-order valence-electron chi connectivity index (χ4n) is 2.55. The van der Waals surface area contributed by atoms with Gasteiger partial charge in [-0.3, -0.25) is 0 Å². The van der Waals surface area contributed by atoms with Crippen LogP contribution in [0.1, 0.15) is 25.2 Å². The molecular formula is C16H20N6. The van der Waals surface area contributed by atoms with Crippen LogP contribution in [-0.4, -0.2) is 38.1 Å². The monoisotopic (exact) mass is 296 g/mol. The zero-order valence-corrected chi connectivity index (χ0v) is 13.2. The minimum atomic E-state index is 0.658. The molecule has 0 fully saturated rings. The average molecular weight is 296 g/mol. The van der Waals surface area contributed by atoms with Crippen LogP contribution in [0.5, 0.6) is 0 Å². The predicted octanol–water partition coefficient (Wildman–Crippen LogP) is 2.42. The van der Waals surface area contributed by atoms with Crippen LogP contribution in [0.4, 0.5) is 5.82 Å². The van der Waals surface area contributed by atoms with Crippen molar-refractivity contribution in [3.05, 3.63) is 41.7 Å². The Balaban J connectivity index is 2.07. The summed E-state index contributed by atoms with van der Waals surface area (Å²) in [6.45, 7) is 8.56. The minimum absolute atomic E-state index is 0.658. The molecule has 0 N–H and O–H groups in total. The molecule has 0 aliphatic heterocycles. The minimum Gasteiger partial charge on any atom is -0.355 e. The molecule has 1 aromatic carbocycles. The summed E-state index contributed by atoms with van der Waals surface area (Å²) in [5.41, 5.74) is 2.73. The van der Waals surface area contributed by atoms with E-state index in [0.717, 1.165) is 35.9 Å². The molecule has 3 aromatic rings. The Labute approximate surface area is 129 Å². The lowest BCUT2D eigenvalue weighted by atomic mass is 10.2. The number of rotatable bonds is 5. The third-order valence-corrected chi connectivity index (χ3v) is 3.69. The number of aromatic nitrogens is 5. The number of anilines is 1. The van der Waals surface area contributed by atoms with Crippen molar-refractivity contribution in [2.45, 2.75) is 27.3 Å². The van der Waals surface area contributed by atoms with Gasteiger partial charge in [-0.15, -0.1) is 5.10 Å². The molecule has 0 amide bonds. The normalized spacial score (nSPS) is 11.0. The van der Waals surface area contributed by atoms with Crippen molar-refractivity contribution in [3.63, 3.8) is 0 Å². The van der Waals surface area contributed by atoms with Crippen LogP contribution < -0.4 is 4.90 Å². The van der Waals surface area contributed by atoms with Crippen molar-refractivity contribution in [1.82, 2.24) is 25.0 Å². The van der Waals surface area contributed by atoms with Crippen LogP contribution in [0.25, 0.3) is 11.2 Å². The molecule has 0 saturated heterocycles. The average Bonchev–Trinajstić information content (AvgIpc) is 2.92. The quantitative estimate of drug-likeness (QED) is 0.723. The van der Waals surface area contributed by atoms with E-state index in [2.05, 4.69) is 51.2 Å². The Kier molecular flexibility index (Phi) is 4.00. The fraction of sp³-hybridized carbons (Fsp3) is 0.375. The molecule has 0 aliphatic rings. The van der Waals surface area contributed by atoms with Gasteiger partial charge in [-0.05, 0) is 26.3 Å². The fourth-order valence-corrected chi connectivity index (χ4v) is 2.55. The molecule has 0 saturated carbocycles. The van der Waals surface area contributed by atoms with E-state index >= 15 is 0 Å². The number of hydrogen-bond donors (Lipinski definition) is 0. The number of hydrogen-bond acceptors (Lipinski definition) is 5. The first-order valence-corrected chi connectivity index (χ1v) is 7.59. The van der Waals surface area contributed by atoms with E-state index in [-0.39, 0.29) is 0 Å². The predicted molar refractivity (Wildman–Crippen MR) is 87.0 cm³/mol. The van der Waals surface area contributed by atoms with Crippen molar-refractivity contribution in [3.8, 4) is 0 Å². The van der Waals surface area contributed by atoms with Gasteiger partial charge in [0.1, 0.15) is 5.82 Å².